The quantitative estimate of drug-likeness (QED) is 0.370. The first-order valence-corrected chi connectivity index (χ1v) is 12.1. The second-order valence-electron chi connectivity index (χ2n) is 8.47. The molecular weight excluding hydrogens is 450 g/mol. The zero-order valence-electron chi connectivity index (χ0n) is 19.0. The predicted molar refractivity (Wildman–Crippen MR) is 136 cm³/mol. The van der Waals surface area contributed by atoms with E-state index in [0.29, 0.717) is 17.6 Å². The van der Waals surface area contributed by atoms with Crippen LogP contribution in [0.5, 0.6) is 5.75 Å². The Morgan fingerprint density at radius 1 is 0.853 bits per heavy atom. The number of hydrazone groups is 1. The Bertz CT molecular complexity index is 1090. The van der Waals surface area contributed by atoms with Crippen molar-refractivity contribution in [2.24, 2.45) is 5.10 Å². The minimum Gasteiger partial charge on any atom is -0.488 e. The Balaban J connectivity index is 1.30. The van der Waals surface area contributed by atoms with Crippen LogP contribution in [0.15, 0.2) is 53.6 Å². The van der Waals surface area contributed by atoms with Crippen LogP contribution in [0.4, 0.5) is 17.8 Å². The lowest BCUT2D eigenvalue weighted by Gasteiger charge is -2.20. The van der Waals surface area contributed by atoms with E-state index < -0.39 is 0 Å². The third kappa shape index (κ3) is 5.56. The van der Waals surface area contributed by atoms with Crippen molar-refractivity contribution >= 4 is 35.7 Å². The highest BCUT2D eigenvalue weighted by Crippen LogP contribution is 2.23. The summed E-state index contributed by atoms with van der Waals surface area (Å²) in [7, 11) is 0. The summed E-state index contributed by atoms with van der Waals surface area (Å²) in [6, 6.07) is 15.4. The molecule has 34 heavy (non-hydrogen) atoms. The van der Waals surface area contributed by atoms with Gasteiger partial charge in [0, 0.05) is 36.8 Å². The summed E-state index contributed by atoms with van der Waals surface area (Å²) in [6.45, 7) is 4.35. The molecule has 0 saturated carbocycles. The molecule has 2 saturated heterocycles. The fourth-order valence-electron chi connectivity index (χ4n) is 4.14. The summed E-state index contributed by atoms with van der Waals surface area (Å²) < 4.78 is 6.02. The molecule has 1 N–H and O–H groups in total. The van der Waals surface area contributed by atoms with Gasteiger partial charge in [-0.15, -0.1) is 0 Å². The van der Waals surface area contributed by atoms with Crippen molar-refractivity contribution in [1.82, 2.24) is 15.0 Å². The molecule has 0 amide bonds. The average Bonchev–Trinajstić information content (AvgIpc) is 3.59. The fraction of sp³-hybridized carbons (Fsp3) is 0.360. The zero-order valence-corrected chi connectivity index (χ0v) is 19.8. The van der Waals surface area contributed by atoms with E-state index >= 15 is 0 Å². The molecular formula is C25H28ClN7O. The number of benzene rings is 2. The Labute approximate surface area is 204 Å². The van der Waals surface area contributed by atoms with E-state index in [0.717, 1.165) is 55.0 Å². The molecule has 0 spiro atoms. The SMILES string of the molecule is Clc1ccc(COc2ccccc2/C=N/Nc2nc(N3CCCC3)nc(N3CCCC3)n2)cc1. The number of anilines is 3. The molecule has 0 bridgehead atoms. The van der Waals surface area contributed by atoms with E-state index in [-0.39, 0.29) is 0 Å². The number of nitrogens with one attached hydrogen (secondary N) is 1. The first-order valence-electron chi connectivity index (χ1n) is 11.8. The highest BCUT2D eigenvalue weighted by Gasteiger charge is 2.21. The smallest absolute Gasteiger partial charge is 0.250 e. The molecule has 9 heteroatoms. The molecule has 176 valence electrons. The van der Waals surface area contributed by atoms with E-state index in [1.807, 2.05) is 48.5 Å². The number of rotatable bonds is 8. The number of halogens is 1. The zero-order chi connectivity index (χ0) is 23.2. The lowest BCUT2D eigenvalue weighted by Crippen LogP contribution is -2.25. The molecule has 0 atom stereocenters. The minimum atomic E-state index is 0.446. The molecule has 8 nitrogen and oxygen atoms in total. The second-order valence-corrected chi connectivity index (χ2v) is 8.91. The average molecular weight is 478 g/mol. The van der Waals surface area contributed by atoms with E-state index in [1.54, 1.807) is 6.21 Å². The predicted octanol–water partition coefficient (Wildman–Crippen LogP) is 4.75. The third-order valence-corrected chi connectivity index (χ3v) is 6.24. The van der Waals surface area contributed by atoms with Crippen molar-refractivity contribution < 1.29 is 4.74 Å². The van der Waals surface area contributed by atoms with Crippen molar-refractivity contribution in [3.05, 3.63) is 64.7 Å². The van der Waals surface area contributed by atoms with Crippen LogP contribution in [0.2, 0.25) is 5.02 Å². The normalized spacial score (nSPS) is 15.9. The number of hydrogen-bond donors (Lipinski definition) is 1. The molecule has 2 aliphatic rings. The van der Waals surface area contributed by atoms with E-state index in [2.05, 4.69) is 30.3 Å². The standard InChI is InChI=1S/C25H28ClN7O/c26-21-11-9-19(10-12-21)18-34-22-8-2-1-7-20(22)17-27-31-23-28-24(32-13-3-4-14-32)30-25(29-23)33-15-5-6-16-33/h1-2,7-12,17H,3-6,13-16,18H2,(H,28,29,30,31)/b27-17+. The number of ether oxygens (including phenoxy) is 1. The third-order valence-electron chi connectivity index (χ3n) is 5.98. The molecule has 0 unspecified atom stereocenters. The molecule has 5 rings (SSSR count). The van der Waals surface area contributed by atoms with Crippen molar-refractivity contribution in [3.8, 4) is 5.75 Å². The number of para-hydroxylation sites is 1. The molecule has 1 aromatic heterocycles. The summed E-state index contributed by atoms with van der Waals surface area (Å²) in [5.74, 6) is 2.64. The maximum absolute atomic E-state index is 6.02. The van der Waals surface area contributed by atoms with E-state index in [4.69, 9.17) is 21.3 Å². The van der Waals surface area contributed by atoms with Gasteiger partial charge < -0.3 is 14.5 Å². The summed E-state index contributed by atoms with van der Waals surface area (Å²) in [5.41, 5.74) is 4.92. The monoisotopic (exact) mass is 477 g/mol. The Hall–Kier alpha value is -3.39. The summed E-state index contributed by atoms with van der Waals surface area (Å²) in [6.07, 6.45) is 6.39. The Morgan fingerprint density at radius 3 is 2.12 bits per heavy atom. The van der Waals surface area contributed by atoms with Gasteiger partial charge in [-0.25, -0.2) is 5.43 Å². The summed E-state index contributed by atoms with van der Waals surface area (Å²) in [4.78, 5) is 18.4. The van der Waals surface area contributed by atoms with Gasteiger partial charge >= 0.3 is 0 Å². The van der Waals surface area contributed by atoms with Crippen molar-refractivity contribution in [3.63, 3.8) is 0 Å². The van der Waals surface area contributed by atoms with Gasteiger partial charge in [0.2, 0.25) is 17.8 Å². The van der Waals surface area contributed by atoms with Gasteiger partial charge in [-0.05, 0) is 55.5 Å². The lowest BCUT2D eigenvalue weighted by molar-refractivity contribution is 0.306. The van der Waals surface area contributed by atoms with Crippen LogP contribution in [0.1, 0.15) is 36.8 Å². The van der Waals surface area contributed by atoms with Crippen molar-refractivity contribution in [1.29, 1.82) is 0 Å². The number of hydrogen-bond acceptors (Lipinski definition) is 8. The highest BCUT2D eigenvalue weighted by molar-refractivity contribution is 6.30. The van der Waals surface area contributed by atoms with Gasteiger partial charge in [0.1, 0.15) is 12.4 Å². The second kappa shape index (κ2) is 10.7. The van der Waals surface area contributed by atoms with Crippen LogP contribution in [0.3, 0.4) is 0 Å². The van der Waals surface area contributed by atoms with Crippen LogP contribution in [0.25, 0.3) is 0 Å². The fourth-order valence-corrected chi connectivity index (χ4v) is 4.27. The first kappa shape index (κ1) is 22.4. The maximum atomic E-state index is 6.02. The maximum Gasteiger partial charge on any atom is 0.250 e. The molecule has 0 aliphatic carbocycles. The van der Waals surface area contributed by atoms with Crippen LogP contribution in [-0.2, 0) is 6.61 Å². The van der Waals surface area contributed by atoms with Gasteiger partial charge in [-0.1, -0.05) is 35.9 Å². The Morgan fingerprint density at radius 2 is 1.47 bits per heavy atom. The van der Waals surface area contributed by atoms with Gasteiger partial charge in [-0.3, -0.25) is 0 Å². The van der Waals surface area contributed by atoms with Gasteiger partial charge in [0.05, 0.1) is 6.21 Å². The van der Waals surface area contributed by atoms with Gasteiger partial charge in [-0.2, -0.15) is 20.1 Å². The highest BCUT2D eigenvalue weighted by atomic mass is 35.5. The Kier molecular flexibility index (Phi) is 7.05. The molecule has 3 aromatic rings. The van der Waals surface area contributed by atoms with Crippen LogP contribution in [0, 0.1) is 0 Å². The van der Waals surface area contributed by atoms with Crippen molar-refractivity contribution in [2.75, 3.05) is 41.4 Å². The first-order chi connectivity index (χ1) is 16.7. The van der Waals surface area contributed by atoms with Crippen LogP contribution < -0.4 is 20.0 Å². The molecule has 2 aliphatic heterocycles. The summed E-state index contributed by atoms with van der Waals surface area (Å²) >= 11 is 5.97. The van der Waals surface area contributed by atoms with Crippen LogP contribution >= 0.6 is 11.6 Å². The van der Waals surface area contributed by atoms with Gasteiger partial charge in [0.25, 0.3) is 0 Å². The topological polar surface area (TPSA) is 78.8 Å². The largest absolute Gasteiger partial charge is 0.488 e. The lowest BCUT2D eigenvalue weighted by atomic mass is 10.2. The van der Waals surface area contributed by atoms with Gasteiger partial charge in [0.15, 0.2) is 0 Å². The van der Waals surface area contributed by atoms with Crippen LogP contribution in [-0.4, -0.2) is 47.3 Å². The minimum absolute atomic E-state index is 0.446. The molecule has 2 fully saturated rings. The number of nitrogens with zero attached hydrogens (tertiary/aromatic N) is 6. The molecule has 0 radical (unpaired) electrons. The molecule has 3 heterocycles. The van der Waals surface area contributed by atoms with E-state index in [9.17, 15) is 0 Å². The van der Waals surface area contributed by atoms with E-state index in [1.165, 1.54) is 25.7 Å². The van der Waals surface area contributed by atoms with Crippen molar-refractivity contribution in [2.45, 2.75) is 32.3 Å². The molecule has 2 aromatic carbocycles. The number of aromatic nitrogens is 3. The summed E-state index contributed by atoms with van der Waals surface area (Å²) in [5, 5.41) is 5.12.